The maximum atomic E-state index is 15.3. The topological polar surface area (TPSA) is 71.9 Å². The number of carbonyl (C=O) groups is 1. The van der Waals surface area contributed by atoms with Crippen LogP contribution in [-0.4, -0.2) is 45.8 Å². The van der Waals surface area contributed by atoms with E-state index in [9.17, 15) is 14.3 Å². The molecule has 1 N–H and O–H groups in total. The van der Waals surface area contributed by atoms with E-state index < -0.39 is 23.4 Å². The van der Waals surface area contributed by atoms with Gasteiger partial charge in [-0.3, -0.25) is 4.90 Å². The Kier molecular flexibility index (Phi) is 9.32. The van der Waals surface area contributed by atoms with Crippen LogP contribution in [0.4, 0.5) is 8.78 Å². The zero-order chi connectivity index (χ0) is 29.9. The highest BCUT2D eigenvalue weighted by Crippen LogP contribution is 2.50. The van der Waals surface area contributed by atoms with E-state index >= 15 is 4.39 Å². The van der Waals surface area contributed by atoms with Gasteiger partial charge >= 0.3 is 5.97 Å². The monoisotopic (exact) mass is 566 g/mol. The number of pyridine rings is 1. The van der Waals surface area contributed by atoms with Gasteiger partial charge < -0.3 is 14.6 Å². The zero-order valence-electron chi connectivity index (χ0n) is 24.7. The minimum absolute atomic E-state index is 0.00326. The SMILES string of the molecule is COc1cc(-c2ccc(COc3cccc([C@H](C4CC4)[C@@](C)(F)C(=O)O)c3)cc2CN(C(C)C)C(C)C)c(F)cn1. The number of hydrogen-bond donors (Lipinski definition) is 1. The van der Waals surface area contributed by atoms with Gasteiger partial charge in [0.2, 0.25) is 11.5 Å². The number of nitrogens with zero attached hydrogens (tertiary/aromatic N) is 2. The average Bonchev–Trinajstić information content (AvgIpc) is 3.76. The summed E-state index contributed by atoms with van der Waals surface area (Å²) < 4.78 is 41.6. The molecule has 2 aromatic carbocycles. The first kappa shape index (κ1) is 30.4. The molecule has 6 nitrogen and oxygen atoms in total. The van der Waals surface area contributed by atoms with Crippen LogP contribution >= 0.6 is 0 Å². The summed E-state index contributed by atoms with van der Waals surface area (Å²) in [7, 11) is 1.50. The van der Waals surface area contributed by atoms with Crippen molar-refractivity contribution in [2.24, 2.45) is 5.92 Å². The van der Waals surface area contributed by atoms with Crippen LogP contribution in [0.5, 0.6) is 11.6 Å². The molecular formula is C33H40F2N2O4. The van der Waals surface area contributed by atoms with Crippen molar-refractivity contribution in [1.29, 1.82) is 0 Å². The van der Waals surface area contributed by atoms with Crippen LogP contribution in [0.3, 0.4) is 0 Å². The third-order valence-corrected chi connectivity index (χ3v) is 7.90. The highest BCUT2D eigenvalue weighted by Gasteiger charge is 2.50. The maximum absolute atomic E-state index is 15.3. The van der Waals surface area contributed by atoms with Gasteiger partial charge in [-0.15, -0.1) is 0 Å². The van der Waals surface area contributed by atoms with Gasteiger partial charge in [-0.05, 0) is 87.8 Å². The molecule has 2 atom stereocenters. The molecule has 1 aromatic heterocycles. The fourth-order valence-electron chi connectivity index (χ4n) is 5.58. The molecule has 1 heterocycles. The molecule has 220 valence electrons. The molecule has 0 saturated heterocycles. The molecule has 0 bridgehead atoms. The fourth-order valence-corrected chi connectivity index (χ4v) is 5.58. The molecule has 8 heteroatoms. The van der Waals surface area contributed by atoms with Crippen LogP contribution in [0.1, 0.15) is 70.1 Å². The highest BCUT2D eigenvalue weighted by atomic mass is 19.1. The van der Waals surface area contributed by atoms with Gasteiger partial charge in [-0.25, -0.2) is 18.6 Å². The molecular weight excluding hydrogens is 526 g/mol. The van der Waals surface area contributed by atoms with E-state index in [0.29, 0.717) is 29.3 Å². The van der Waals surface area contributed by atoms with E-state index in [1.54, 1.807) is 30.3 Å². The molecule has 3 aromatic rings. The van der Waals surface area contributed by atoms with Crippen molar-refractivity contribution < 1.29 is 28.2 Å². The van der Waals surface area contributed by atoms with Crippen molar-refractivity contribution in [3.63, 3.8) is 0 Å². The van der Waals surface area contributed by atoms with Crippen molar-refractivity contribution >= 4 is 5.97 Å². The van der Waals surface area contributed by atoms with Gasteiger partial charge in [0.1, 0.15) is 18.2 Å². The first-order valence-corrected chi connectivity index (χ1v) is 14.1. The summed E-state index contributed by atoms with van der Waals surface area (Å²) in [4.78, 5) is 18.0. The van der Waals surface area contributed by atoms with Crippen LogP contribution < -0.4 is 9.47 Å². The lowest BCUT2D eigenvalue weighted by molar-refractivity contribution is -0.151. The number of aromatic nitrogens is 1. The number of carboxylic acids is 1. The predicted octanol–water partition coefficient (Wildman–Crippen LogP) is 7.40. The quantitative estimate of drug-likeness (QED) is 0.232. The Balaban J connectivity index is 1.63. The second-order valence-corrected chi connectivity index (χ2v) is 11.6. The van der Waals surface area contributed by atoms with Gasteiger partial charge in [0.25, 0.3) is 0 Å². The Morgan fingerprint density at radius 2 is 1.80 bits per heavy atom. The van der Waals surface area contributed by atoms with Crippen molar-refractivity contribution in [2.45, 2.75) is 84.3 Å². The van der Waals surface area contributed by atoms with E-state index in [1.165, 1.54) is 13.3 Å². The molecule has 0 amide bonds. The maximum Gasteiger partial charge on any atom is 0.341 e. The number of methoxy groups -OCH3 is 1. The Morgan fingerprint density at radius 1 is 1.10 bits per heavy atom. The predicted molar refractivity (Wildman–Crippen MR) is 155 cm³/mol. The largest absolute Gasteiger partial charge is 0.489 e. The molecule has 0 spiro atoms. The molecule has 0 unspecified atom stereocenters. The molecule has 0 aliphatic heterocycles. The van der Waals surface area contributed by atoms with Gasteiger partial charge in [0.05, 0.1) is 13.3 Å². The van der Waals surface area contributed by atoms with E-state index in [-0.39, 0.29) is 24.6 Å². The summed E-state index contributed by atoms with van der Waals surface area (Å²) >= 11 is 0. The minimum atomic E-state index is -2.37. The fraction of sp³-hybridized carbons (Fsp3) is 0.455. The number of aliphatic carboxylic acids is 1. The highest BCUT2D eigenvalue weighted by molar-refractivity contribution is 5.78. The van der Waals surface area contributed by atoms with Gasteiger partial charge in [-0.2, -0.15) is 0 Å². The van der Waals surface area contributed by atoms with Crippen LogP contribution in [-0.2, 0) is 17.9 Å². The average molecular weight is 567 g/mol. The molecule has 0 radical (unpaired) electrons. The lowest BCUT2D eigenvalue weighted by atomic mass is 9.81. The summed E-state index contributed by atoms with van der Waals surface area (Å²) in [6, 6.07) is 15.1. The Labute approximate surface area is 241 Å². The molecule has 4 rings (SSSR count). The normalized spacial score (nSPS) is 15.7. The lowest BCUT2D eigenvalue weighted by Gasteiger charge is -2.31. The number of carboxylic acid groups (broad SMARTS) is 1. The van der Waals surface area contributed by atoms with Crippen LogP contribution in [0.25, 0.3) is 11.1 Å². The molecule has 1 fully saturated rings. The van der Waals surface area contributed by atoms with E-state index in [1.807, 2.05) is 18.2 Å². The lowest BCUT2D eigenvalue weighted by Crippen LogP contribution is -2.38. The standard InChI is InChI=1S/C33H40F2N2O4/c1-20(2)37(21(3)4)18-25-14-22(10-13-27(25)28-16-30(40-6)36-17-29(28)34)19-41-26-9-7-8-24(15-26)31(23-11-12-23)33(5,35)32(38)39/h7-10,13-17,20-21,23,31H,11-12,18-19H2,1-6H3,(H,38,39)/t31-,33+/m0/s1. The second kappa shape index (κ2) is 12.6. The number of hydrogen-bond acceptors (Lipinski definition) is 5. The van der Waals surface area contributed by atoms with Crippen molar-refractivity contribution in [1.82, 2.24) is 9.88 Å². The van der Waals surface area contributed by atoms with Gasteiger partial charge in [-0.1, -0.05) is 30.3 Å². The van der Waals surface area contributed by atoms with Crippen LogP contribution in [0.15, 0.2) is 54.7 Å². The van der Waals surface area contributed by atoms with Crippen molar-refractivity contribution in [2.75, 3.05) is 7.11 Å². The molecule has 1 aliphatic carbocycles. The number of alkyl halides is 1. The smallest absolute Gasteiger partial charge is 0.341 e. The summed E-state index contributed by atoms with van der Waals surface area (Å²) in [5, 5.41) is 9.54. The first-order chi connectivity index (χ1) is 19.4. The second-order valence-electron chi connectivity index (χ2n) is 11.6. The summed E-state index contributed by atoms with van der Waals surface area (Å²) in [5.74, 6) is -1.74. The number of benzene rings is 2. The van der Waals surface area contributed by atoms with E-state index in [4.69, 9.17) is 9.47 Å². The van der Waals surface area contributed by atoms with Gasteiger partial charge in [0, 0.05) is 36.2 Å². The zero-order valence-corrected chi connectivity index (χ0v) is 24.7. The van der Waals surface area contributed by atoms with Crippen LogP contribution in [0.2, 0.25) is 0 Å². The van der Waals surface area contributed by atoms with E-state index in [0.717, 1.165) is 36.5 Å². The number of ether oxygens (including phenoxy) is 2. The Hall–Kier alpha value is -3.52. The van der Waals surface area contributed by atoms with Crippen molar-refractivity contribution in [3.05, 3.63) is 77.2 Å². The Morgan fingerprint density at radius 3 is 2.41 bits per heavy atom. The summed E-state index contributed by atoms with van der Waals surface area (Å²) in [5.41, 5.74) is 1.26. The van der Waals surface area contributed by atoms with E-state index in [2.05, 4.69) is 37.6 Å². The molecule has 41 heavy (non-hydrogen) atoms. The summed E-state index contributed by atoms with van der Waals surface area (Å²) in [6.45, 7) is 10.5. The van der Waals surface area contributed by atoms with Gasteiger partial charge in [0.15, 0.2) is 0 Å². The number of rotatable bonds is 13. The van der Waals surface area contributed by atoms with Crippen molar-refractivity contribution in [3.8, 4) is 22.8 Å². The van der Waals surface area contributed by atoms with Crippen LogP contribution in [0, 0.1) is 11.7 Å². The molecule has 1 aliphatic rings. The minimum Gasteiger partial charge on any atom is -0.489 e. The number of halogens is 2. The summed E-state index contributed by atoms with van der Waals surface area (Å²) in [6.07, 6.45) is 2.79. The Bertz CT molecular complexity index is 1360. The third kappa shape index (κ3) is 7.04. The molecule has 1 saturated carbocycles. The third-order valence-electron chi connectivity index (χ3n) is 7.90. The first-order valence-electron chi connectivity index (χ1n) is 14.1.